The number of carboxylic acids is 1. The monoisotopic (exact) mass is 204 g/mol. The molecule has 1 unspecified atom stereocenters. The molecule has 0 aromatic heterocycles. The van der Waals surface area contributed by atoms with Gasteiger partial charge in [0.05, 0.1) is 12.6 Å². The van der Waals surface area contributed by atoms with Crippen molar-refractivity contribution < 1.29 is 49.7 Å². The summed E-state index contributed by atoms with van der Waals surface area (Å²) in [6.45, 7) is -0.903. The molecule has 0 aliphatic heterocycles. The molecule has 0 bridgehead atoms. The van der Waals surface area contributed by atoms with E-state index in [1.165, 1.54) is 12.1 Å². The van der Waals surface area contributed by atoms with Crippen molar-refractivity contribution in [1.29, 1.82) is 0 Å². The third-order valence-corrected chi connectivity index (χ3v) is 1.82. The van der Waals surface area contributed by atoms with Crippen molar-refractivity contribution in [2.75, 3.05) is 6.61 Å². The summed E-state index contributed by atoms with van der Waals surface area (Å²) in [5, 5.41) is 28.7. The summed E-state index contributed by atoms with van der Waals surface area (Å²) < 4.78 is 0. The average molecular weight is 204 g/mol. The van der Waals surface area contributed by atoms with Crippen LogP contribution in [0, 0.1) is 0 Å². The Kier molecular flexibility index (Phi) is 5.33. The molecule has 70 valence electrons. The van der Waals surface area contributed by atoms with Crippen LogP contribution in [0.4, 0.5) is 0 Å². The number of aliphatic hydroxyl groups excluding tert-OH is 1. The van der Waals surface area contributed by atoms with Crippen LogP contribution in [0.15, 0.2) is 30.3 Å². The standard InChI is InChI=1S/C9H10O4.Na/c10-6-9(13,8(11)12)7-4-2-1-3-5-7;/h1-5,10,13H,6H2,(H,11,12);/q;+1/p-1. The molecule has 0 spiro atoms. The van der Waals surface area contributed by atoms with Gasteiger partial charge in [0.25, 0.3) is 0 Å². The summed E-state index contributed by atoms with van der Waals surface area (Å²) in [7, 11) is 0. The molecule has 0 fully saturated rings. The van der Waals surface area contributed by atoms with Gasteiger partial charge < -0.3 is 20.1 Å². The molecule has 0 radical (unpaired) electrons. The Labute approximate surface area is 103 Å². The van der Waals surface area contributed by atoms with E-state index < -0.39 is 18.2 Å². The fourth-order valence-corrected chi connectivity index (χ4v) is 0.988. The van der Waals surface area contributed by atoms with Crippen LogP contribution in [0.5, 0.6) is 0 Å². The molecule has 4 nitrogen and oxygen atoms in total. The molecule has 0 heterocycles. The van der Waals surface area contributed by atoms with Crippen molar-refractivity contribution >= 4 is 5.97 Å². The topological polar surface area (TPSA) is 80.6 Å². The maximum Gasteiger partial charge on any atom is 1.00 e. The number of carbonyl (C=O) groups excluding carboxylic acids is 1. The first-order valence-electron chi connectivity index (χ1n) is 3.71. The van der Waals surface area contributed by atoms with Crippen molar-refractivity contribution in [3.63, 3.8) is 0 Å². The zero-order valence-electron chi connectivity index (χ0n) is 7.80. The van der Waals surface area contributed by atoms with E-state index >= 15 is 0 Å². The molecule has 0 aliphatic carbocycles. The Balaban J connectivity index is 0.00000169. The van der Waals surface area contributed by atoms with Crippen LogP contribution >= 0.6 is 0 Å². The molecule has 5 heteroatoms. The second-order valence-corrected chi connectivity index (χ2v) is 2.67. The number of aliphatic hydroxyl groups is 2. The predicted molar refractivity (Wildman–Crippen MR) is 42.4 cm³/mol. The van der Waals surface area contributed by atoms with E-state index in [9.17, 15) is 15.0 Å². The van der Waals surface area contributed by atoms with E-state index in [0.717, 1.165) is 0 Å². The molecular weight excluding hydrogens is 195 g/mol. The van der Waals surface area contributed by atoms with Crippen molar-refractivity contribution in [2.45, 2.75) is 5.60 Å². The number of rotatable bonds is 3. The molecule has 0 amide bonds. The molecule has 1 atom stereocenters. The number of hydrogen-bond donors (Lipinski definition) is 2. The minimum Gasteiger partial charge on any atom is -0.547 e. The van der Waals surface area contributed by atoms with E-state index in [2.05, 4.69) is 0 Å². The van der Waals surface area contributed by atoms with Crippen molar-refractivity contribution in [3.05, 3.63) is 35.9 Å². The summed E-state index contributed by atoms with van der Waals surface area (Å²) in [6, 6.07) is 7.63. The van der Waals surface area contributed by atoms with Gasteiger partial charge in [-0.3, -0.25) is 0 Å². The van der Waals surface area contributed by atoms with Gasteiger partial charge in [0.1, 0.15) is 0 Å². The van der Waals surface area contributed by atoms with Crippen molar-refractivity contribution in [1.82, 2.24) is 0 Å². The summed E-state index contributed by atoms with van der Waals surface area (Å²) >= 11 is 0. The molecule has 2 N–H and O–H groups in total. The first-order valence-corrected chi connectivity index (χ1v) is 3.71. The Morgan fingerprint density at radius 2 is 1.86 bits per heavy atom. The fourth-order valence-electron chi connectivity index (χ4n) is 0.988. The Morgan fingerprint density at radius 3 is 2.21 bits per heavy atom. The fraction of sp³-hybridized carbons (Fsp3) is 0.222. The van der Waals surface area contributed by atoms with Gasteiger partial charge in [0, 0.05) is 0 Å². The smallest absolute Gasteiger partial charge is 0.547 e. The molecule has 1 aromatic carbocycles. The molecule has 1 rings (SSSR count). The molecule has 14 heavy (non-hydrogen) atoms. The predicted octanol–water partition coefficient (Wildman–Crippen LogP) is -4.38. The van der Waals surface area contributed by atoms with Crippen LogP contribution in [0.3, 0.4) is 0 Å². The third-order valence-electron chi connectivity index (χ3n) is 1.82. The number of carbonyl (C=O) groups is 1. The molecule has 0 saturated carbocycles. The first-order chi connectivity index (χ1) is 6.11. The van der Waals surface area contributed by atoms with Crippen LogP contribution in [-0.2, 0) is 10.4 Å². The molecule has 1 aromatic rings. The number of carboxylic acid groups (broad SMARTS) is 1. The number of aliphatic carboxylic acids is 1. The van der Waals surface area contributed by atoms with Crippen LogP contribution in [0.1, 0.15) is 5.56 Å². The van der Waals surface area contributed by atoms with Gasteiger partial charge in [-0.2, -0.15) is 0 Å². The van der Waals surface area contributed by atoms with E-state index in [-0.39, 0.29) is 35.1 Å². The van der Waals surface area contributed by atoms with E-state index in [1.807, 2.05) is 0 Å². The van der Waals surface area contributed by atoms with Gasteiger partial charge in [-0.05, 0) is 5.56 Å². The first kappa shape index (κ1) is 13.6. The van der Waals surface area contributed by atoms with Gasteiger partial charge in [-0.1, -0.05) is 30.3 Å². The van der Waals surface area contributed by atoms with Gasteiger partial charge in [0.2, 0.25) is 0 Å². The number of hydrogen-bond acceptors (Lipinski definition) is 4. The Bertz CT molecular complexity index is 301. The summed E-state index contributed by atoms with van der Waals surface area (Å²) in [6.07, 6.45) is 0. The summed E-state index contributed by atoms with van der Waals surface area (Å²) in [5.41, 5.74) is -2.20. The van der Waals surface area contributed by atoms with E-state index in [0.29, 0.717) is 0 Å². The van der Waals surface area contributed by atoms with Gasteiger partial charge >= 0.3 is 29.6 Å². The molecular formula is C9H9NaO4. The summed E-state index contributed by atoms with van der Waals surface area (Å²) in [4.78, 5) is 10.5. The third kappa shape index (κ3) is 2.56. The van der Waals surface area contributed by atoms with E-state index in [1.54, 1.807) is 18.2 Å². The maximum absolute atomic E-state index is 10.5. The van der Waals surface area contributed by atoms with Crippen molar-refractivity contribution in [3.8, 4) is 0 Å². The summed E-state index contributed by atoms with van der Waals surface area (Å²) in [5.74, 6) is -1.71. The zero-order chi connectivity index (χ0) is 9.90. The molecule has 0 saturated heterocycles. The largest absolute Gasteiger partial charge is 1.00 e. The Morgan fingerprint density at radius 1 is 1.36 bits per heavy atom. The van der Waals surface area contributed by atoms with Crippen molar-refractivity contribution in [2.24, 2.45) is 0 Å². The number of benzene rings is 1. The average Bonchev–Trinajstić information content (AvgIpc) is 2.17. The zero-order valence-corrected chi connectivity index (χ0v) is 9.80. The van der Waals surface area contributed by atoms with E-state index in [4.69, 9.17) is 5.11 Å². The van der Waals surface area contributed by atoms with Crippen LogP contribution in [0.25, 0.3) is 0 Å². The Hall–Kier alpha value is -0.390. The van der Waals surface area contributed by atoms with Gasteiger partial charge in [0.15, 0.2) is 5.60 Å². The maximum atomic E-state index is 10.5. The minimum atomic E-state index is -2.30. The van der Waals surface area contributed by atoms with Crippen LogP contribution in [-0.4, -0.2) is 22.8 Å². The van der Waals surface area contributed by atoms with Crippen LogP contribution < -0.4 is 34.7 Å². The SMILES string of the molecule is O=C([O-])C(O)(CO)c1ccccc1.[Na+]. The van der Waals surface area contributed by atoms with Gasteiger partial charge in [-0.25, -0.2) is 0 Å². The normalized spacial score (nSPS) is 13.9. The van der Waals surface area contributed by atoms with Gasteiger partial charge in [-0.15, -0.1) is 0 Å². The second-order valence-electron chi connectivity index (χ2n) is 2.67. The van der Waals surface area contributed by atoms with Crippen LogP contribution in [0.2, 0.25) is 0 Å². The minimum absolute atomic E-state index is 0. The quantitative estimate of drug-likeness (QED) is 0.487. The second kappa shape index (κ2) is 5.48. The molecule has 0 aliphatic rings.